The molecule has 8 heteroatoms. The Balaban J connectivity index is 1.58. The van der Waals surface area contributed by atoms with Crippen LogP contribution in [0, 0.1) is 0 Å². The predicted molar refractivity (Wildman–Crippen MR) is 114 cm³/mol. The minimum atomic E-state index is -0.0813. The third-order valence-corrected chi connectivity index (χ3v) is 4.81. The number of methoxy groups -OCH3 is 1. The van der Waals surface area contributed by atoms with Crippen molar-refractivity contribution in [1.29, 1.82) is 0 Å². The van der Waals surface area contributed by atoms with Crippen molar-refractivity contribution in [1.82, 2.24) is 25.4 Å². The molecule has 2 heterocycles. The molecule has 0 saturated carbocycles. The fraction of sp³-hybridized carbons (Fsp3) is 0.571. The molecule has 8 nitrogen and oxygen atoms in total. The van der Waals surface area contributed by atoms with E-state index < -0.39 is 0 Å². The number of nitrogens with one attached hydrogen (secondary N) is 2. The number of nitrogens with zero attached hydrogens (tertiary/aromatic N) is 4. The number of fused-ring (bicyclic) bond motifs is 1. The fourth-order valence-electron chi connectivity index (χ4n) is 3.33. The molecular weight excluding hydrogens is 368 g/mol. The smallest absolute Gasteiger partial charge is 0.191 e. The van der Waals surface area contributed by atoms with Crippen molar-refractivity contribution in [3.63, 3.8) is 0 Å². The molecule has 2 unspecified atom stereocenters. The highest BCUT2D eigenvalue weighted by Gasteiger charge is 2.22. The van der Waals surface area contributed by atoms with E-state index in [1.807, 2.05) is 35.9 Å². The molecule has 0 fully saturated rings. The van der Waals surface area contributed by atoms with Crippen LogP contribution in [0.15, 0.2) is 29.3 Å². The van der Waals surface area contributed by atoms with E-state index >= 15 is 0 Å². The highest BCUT2D eigenvalue weighted by atomic mass is 16.5. The molecule has 3 rings (SSSR count). The Hall–Kier alpha value is -2.77. The van der Waals surface area contributed by atoms with Gasteiger partial charge >= 0.3 is 0 Å². The maximum Gasteiger partial charge on any atom is 0.191 e. The summed E-state index contributed by atoms with van der Waals surface area (Å²) >= 11 is 0. The van der Waals surface area contributed by atoms with Gasteiger partial charge < -0.3 is 20.1 Å². The van der Waals surface area contributed by atoms with Crippen molar-refractivity contribution in [2.75, 3.05) is 20.2 Å². The van der Waals surface area contributed by atoms with Crippen LogP contribution < -0.4 is 20.1 Å². The minimum absolute atomic E-state index is 0.0813. The number of benzene rings is 1. The van der Waals surface area contributed by atoms with Gasteiger partial charge in [-0.05, 0) is 32.4 Å². The first kappa shape index (κ1) is 21.0. The lowest BCUT2D eigenvalue weighted by Crippen LogP contribution is -2.47. The van der Waals surface area contributed by atoms with Gasteiger partial charge in [0.25, 0.3) is 0 Å². The van der Waals surface area contributed by atoms with Crippen molar-refractivity contribution in [2.45, 2.75) is 58.7 Å². The molecule has 2 N–H and O–H groups in total. The van der Waals surface area contributed by atoms with Crippen LogP contribution >= 0.6 is 0 Å². The Morgan fingerprint density at radius 3 is 2.83 bits per heavy atom. The normalized spacial score (nSPS) is 17.4. The topological polar surface area (TPSA) is 85.6 Å². The van der Waals surface area contributed by atoms with Gasteiger partial charge in [-0.2, -0.15) is 5.10 Å². The van der Waals surface area contributed by atoms with E-state index in [4.69, 9.17) is 14.5 Å². The zero-order valence-corrected chi connectivity index (χ0v) is 17.8. The van der Waals surface area contributed by atoms with E-state index in [2.05, 4.69) is 34.6 Å². The van der Waals surface area contributed by atoms with Gasteiger partial charge in [0, 0.05) is 25.4 Å². The number of hydrogen-bond donors (Lipinski definition) is 2. The number of aryl methyl sites for hydroxylation is 2. The number of rotatable bonds is 8. The number of ether oxygens (including phenoxy) is 2. The summed E-state index contributed by atoms with van der Waals surface area (Å²) in [5.74, 6) is 4.26. The molecule has 1 aromatic heterocycles. The van der Waals surface area contributed by atoms with E-state index in [0.29, 0.717) is 6.54 Å². The zero-order chi connectivity index (χ0) is 20.6. The standard InChI is InChI=1S/C21H32N6O2/c1-5-19-25-20-12-11-16(14-27(20)26-19)24-21(22-6-2)23-13-15(3)29-18-10-8-7-9-17(18)28-4/h7-10,15-16H,5-6,11-14H2,1-4H3,(H2,22,23,24). The Morgan fingerprint density at radius 2 is 2.10 bits per heavy atom. The summed E-state index contributed by atoms with van der Waals surface area (Å²) < 4.78 is 13.4. The molecule has 0 aliphatic carbocycles. The molecule has 1 aliphatic heterocycles. The number of hydrogen-bond acceptors (Lipinski definition) is 5. The number of aliphatic imine (C=N–C) groups is 1. The van der Waals surface area contributed by atoms with Crippen LogP contribution in [0.1, 0.15) is 38.8 Å². The number of guanidine groups is 1. The summed E-state index contributed by atoms with van der Waals surface area (Å²) in [7, 11) is 1.65. The largest absolute Gasteiger partial charge is 0.493 e. The number of para-hydroxylation sites is 2. The molecular formula is C21H32N6O2. The Kier molecular flexibility index (Phi) is 7.32. The molecule has 158 valence electrons. The summed E-state index contributed by atoms with van der Waals surface area (Å²) in [4.78, 5) is 9.30. The lowest BCUT2D eigenvalue weighted by molar-refractivity contribution is 0.219. The third-order valence-electron chi connectivity index (χ3n) is 4.81. The molecule has 0 amide bonds. The van der Waals surface area contributed by atoms with Gasteiger partial charge in [0.15, 0.2) is 23.3 Å². The highest BCUT2D eigenvalue weighted by molar-refractivity contribution is 5.80. The Morgan fingerprint density at radius 1 is 1.31 bits per heavy atom. The van der Waals surface area contributed by atoms with Crippen LogP contribution in [-0.2, 0) is 19.4 Å². The molecule has 0 saturated heterocycles. The monoisotopic (exact) mass is 400 g/mol. The second kappa shape index (κ2) is 10.1. The van der Waals surface area contributed by atoms with Gasteiger partial charge in [-0.1, -0.05) is 19.1 Å². The first-order valence-corrected chi connectivity index (χ1v) is 10.4. The second-order valence-corrected chi connectivity index (χ2v) is 7.16. The summed E-state index contributed by atoms with van der Waals surface area (Å²) in [6, 6.07) is 7.94. The SMILES string of the molecule is CCNC(=NCC(C)Oc1ccccc1OC)NC1CCc2nc(CC)nn2C1. The van der Waals surface area contributed by atoms with Gasteiger partial charge in [-0.15, -0.1) is 0 Å². The predicted octanol–water partition coefficient (Wildman–Crippen LogP) is 2.19. The molecule has 29 heavy (non-hydrogen) atoms. The fourth-order valence-corrected chi connectivity index (χ4v) is 3.33. The molecule has 0 radical (unpaired) electrons. The second-order valence-electron chi connectivity index (χ2n) is 7.16. The summed E-state index contributed by atoms with van der Waals surface area (Å²) in [5, 5.41) is 11.4. The molecule has 2 aromatic rings. The Labute approximate surface area is 172 Å². The summed E-state index contributed by atoms with van der Waals surface area (Å²) in [6.07, 6.45) is 2.73. The van der Waals surface area contributed by atoms with E-state index in [1.165, 1.54) is 0 Å². The van der Waals surface area contributed by atoms with Crippen molar-refractivity contribution in [2.24, 2.45) is 4.99 Å². The van der Waals surface area contributed by atoms with Gasteiger partial charge in [-0.25, -0.2) is 14.7 Å². The lowest BCUT2D eigenvalue weighted by Gasteiger charge is -2.25. The van der Waals surface area contributed by atoms with E-state index in [-0.39, 0.29) is 12.1 Å². The zero-order valence-electron chi connectivity index (χ0n) is 17.8. The van der Waals surface area contributed by atoms with Gasteiger partial charge in [0.05, 0.1) is 20.2 Å². The van der Waals surface area contributed by atoms with Crippen molar-refractivity contribution in [3.05, 3.63) is 35.9 Å². The minimum Gasteiger partial charge on any atom is -0.493 e. The quantitative estimate of drug-likeness (QED) is 0.522. The first-order chi connectivity index (χ1) is 14.1. The van der Waals surface area contributed by atoms with Crippen molar-refractivity contribution < 1.29 is 9.47 Å². The van der Waals surface area contributed by atoms with Crippen LogP contribution in [0.2, 0.25) is 0 Å². The molecule has 0 spiro atoms. The van der Waals surface area contributed by atoms with E-state index in [1.54, 1.807) is 7.11 Å². The molecule has 1 aromatic carbocycles. The van der Waals surface area contributed by atoms with Crippen LogP contribution in [0.3, 0.4) is 0 Å². The van der Waals surface area contributed by atoms with Gasteiger partial charge in [0.2, 0.25) is 0 Å². The van der Waals surface area contributed by atoms with Crippen molar-refractivity contribution >= 4 is 5.96 Å². The molecule has 0 bridgehead atoms. The van der Waals surface area contributed by atoms with Gasteiger partial charge in [0.1, 0.15) is 11.9 Å². The first-order valence-electron chi connectivity index (χ1n) is 10.4. The number of aromatic nitrogens is 3. The van der Waals surface area contributed by atoms with Crippen molar-refractivity contribution in [3.8, 4) is 11.5 Å². The average Bonchev–Trinajstić information content (AvgIpc) is 3.15. The van der Waals surface area contributed by atoms with Crippen LogP contribution in [0.5, 0.6) is 11.5 Å². The van der Waals surface area contributed by atoms with E-state index in [0.717, 1.165) is 61.5 Å². The maximum absolute atomic E-state index is 6.01. The van der Waals surface area contributed by atoms with Crippen LogP contribution in [-0.4, -0.2) is 53.1 Å². The highest BCUT2D eigenvalue weighted by Crippen LogP contribution is 2.26. The summed E-state index contributed by atoms with van der Waals surface area (Å²) in [6.45, 7) is 8.30. The average molecular weight is 401 g/mol. The third kappa shape index (κ3) is 5.62. The summed E-state index contributed by atoms with van der Waals surface area (Å²) in [5.41, 5.74) is 0. The maximum atomic E-state index is 6.01. The molecule has 2 atom stereocenters. The van der Waals surface area contributed by atoms with Gasteiger partial charge in [-0.3, -0.25) is 0 Å². The molecule has 1 aliphatic rings. The van der Waals surface area contributed by atoms with Crippen LogP contribution in [0.25, 0.3) is 0 Å². The van der Waals surface area contributed by atoms with Crippen LogP contribution in [0.4, 0.5) is 0 Å². The van der Waals surface area contributed by atoms with E-state index in [9.17, 15) is 0 Å². The Bertz CT molecular complexity index is 819. The lowest BCUT2D eigenvalue weighted by atomic mass is 10.1.